The molecule has 0 unspecified atom stereocenters. The van der Waals surface area contributed by atoms with Crippen LogP contribution < -0.4 is 10.1 Å². The number of rotatable bonds is 7. The van der Waals surface area contributed by atoms with Crippen LogP contribution in [0.5, 0.6) is 11.5 Å². The van der Waals surface area contributed by atoms with Crippen molar-refractivity contribution in [2.45, 2.75) is 38.8 Å². The largest absolute Gasteiger partial charge is 0.504 e. The van der Waals surface area contributed by atoms with E-state index in [1.807, 2.05) is 30.3 Å². The molecule has 0 aliphatic rings. The Kier molecular flexibility index (Phi) is 7.42. The molecule has 0 heterocycles. The summed E-state index contributed by atoms with van der Waals surface area (Å²) in [6, 6.07) is 13.3. The standard InChI is InChI=1S/C23H27NO5/c1-23(2,3)29-22(27)18(14-16-8-6-5-7-9-16)24-21(26)13-11-17-10-12-19(25)20(15-17)28-4/h5-13,15,18,25H,14H2,1-4H3,(H,24,26)/b13-11+/t18-/m0/s1. The molecular weight excluding hydrogens is 370 g/mol. The molecule has 0 aliphatic carbocycles. The summed E-state index contributed by atoms with van der Waals surface area (Å²) in [6.45, 7) is 5.35. The molecule has 0 aliphatic heterocycles. The molecule has 0 fully saturated rings. The van der Waals surface area contributed by atoms with Gasteiger partial charge in [-0.15, -0.1) is 0 Å². The summed E-state index contributed by atoms with van der Waals surface area (Å²) in [4.78, 5) is 25.0. The second-order valence-electron chi connectivity index (χ2n) is 7.55. The van der Waals surface area contributed by atoms with Gasteiger partial charge >= 0.3 is 5.97 Å². The second kappa shape index (κ2) is 9.78. The highest BCUT2D eigenvalue weighted by Crippen LogP contribution is 2.26. The van der Waals surface area contributed by atoms with E-state index in [0.717, 1.165) is 5.56 Å². The molecule has 154 valence electrons. The lowest BCUT2D eigenvalue weighted by atomic mass is 10.1. The van der Waals surface area contributed by atoms with Gasteiger partial charge in [-0.3, -0.25) is 4.79 Å². The molecule has 1 atom stereocenters. The predicted octanol–water partition coefficient (Wildman–Crippen LogP) is 3.48. The number of benzene rings is 2. The Morgan fingerprint density at radius 3 is 2.45 bits per heavy atom. The maximum Gasteiger partial charge on any atom is 0.329 e. The van der Waals surface area contributed by atoms with Crippen LogP contribution >= 0.6 is 0 Å². The SMILES string of the molecule is COc1cc(/C=C/C(=O)N[C@@H](Cc2ccccc2)C(=O)OC(C)(C)C)ccc1O. The number of amides is 1. The normalized spacial score (nSPS) is 12.4. The topological polar surface area (TPSA) is 84.9 Å². The number of carbonyl (C=O) groups is 2. The van der Waals surface area contributed by atoms with E-state index < -0.39 is 23.5 Å². The molecule has 0 saturated heterocycles. The molecular formula is C23H27NO5. The third-order valence-electron chi connectivity index (χ3n) is 3.92. The van der Waals surface area contributed by atoms with Crippen LogP contribution in [-0.2, 0) is 20.7 Å². The first-order valence-corrected chi connectivity index (χ1v) is 9.30. The van der Waals surface area contributed by atoms with Gasteiger partial charge < -0.3 is 19.9 Å². The summed E-state index contributed by atoms with van der Waals surface area (Å²) in [6.07, 6.45) is 3.22. The quantitative estimate of drug-likeness (QED) is 0.552. The van der Waals surface area contributed by atoms with Crippen LogP contribution in [0.25, 0.3) is 6.08 Å². The Morgan fingerprint density at radius 1 is 1.14 bits per heavy atom. The first-order valence-electron chi connectivity index (χ1n) is 9.30. The summed E-state index contributed by atoms with van der Waals surface area (Å²) in [5.74, 6) is -0.594. The Balaban J connectivity index is 2.12. The fraction of sp³-hybridized carbons (Fsp3) is 0.304. The fourth-order valence-electron chi connectivity index (χ4n) is 2.61. The number of phenols is 1. The minimum atomic E-state index is -0.817. The molecule has 0 saturated carbocycles. The lowest BCUT2D eigenvalue weighted by Crippen LogP contribution is -2.45. The molecule has 2 aromatic rings. The summed E-state index contributed by atoms with van der Waals surface area (Å²) < 4.78 is 10.5. The number of methoxy groups -OCH3 is 1. The highest BCUT2D eigenvalue weighted by molar-refractivity contribution is 5.94. The number of ether oxygens (including phenoxy) is 2. The van der Waals surface area contributed by atoms with Crippen LogP contribution in [0.2, 0.25) is 0 Å². The summed E-state index contributed by atoms with van der Waals surface area (Å²) >= 11 is 0. The van der Waals surface area contributed by atoms with Crippen molar-refractivity contribution in [3.63, 3.8) is 0 Å². The van der Waals surface area contributed by atoms with E-state index >= 15 is 0 Å². The number of hydrogen-bond acceptors (Lipinski definition) is 5. The zero-order valence-corrected chi connectivity index (χ0v) is 17.1. The van der Waals surface area contributed by atoms with E-state index in [2.05, 4.69) is 5.32 Å². The monoisotopic (exact) mass is 397 g/mol. The number of carbonyl (C=O) groups excluding carboxylic acids is 2. The van der Waals surface area contributed by atoms with Gasteiger partial charge in [0.1, 0.15) is 11.6 Å². The van der Waals surface area contributed by atoms with Crippen molar-refractivity contribution in [1.29, 1.82) is 0 Å². The Bertz CT molecular complexity index is 869. The number of nitrogens with one attached hydrogen (secondary N) is 1. The van der Waals surface area contributed by atoms with E-state index in [4.69, 9.17) is 9.47 Å². The molecule has 2 aromatic carbocycles. The van der Waals surface area contributed by atoms with Gasteiger partial charge in [-0.1, -0.05) is 36.4 Å². The Morgan fingerprint density at radius 2 is 1.83 bits per heavy atom. The smallest absolute Gasteiger partial charge is 0.329 e. The fourth-order valence-corrected chi connectivity index (χ4v) is 2.61. The highest BCUT2D eigenvalue weighted by atomic mass is 16.6. The number of aromatic hydroxyl groups is 1. The Hall–Kier alpha value is -3.28. The van der Waals surface area contributed by atoms with Gasteiger partial charge in [-0.2, -0.15) is 0 Å². The van der Waals surface area contributed by atoms with Crippen LogP contribution in [0, 0.1) is 0 Å². The van der Waals surface area contributed by atoms with Crippen molar-refractivity contribution in [2.24, 2.45) is 0 Å². The summed E-state index contributed by atoms with van der Waals surface area (Å²) in [5.41, 5.74) is 0.928. The van der Waals surface area contributed by atoms with Crippen LogP contribution in [0.3, 0.4) is 0 Å². The molecule has 6 heteroatoms. The predicted molar refractivity (Wildman–Crippen MR) is 112 cm³/mol. The maximum absolute atomic E-state index is 12.6. The minimum Gasteiger partial charge on any atom is -0.504 e. The van der Waals surface area contributed by atoms with E-state index in [-0.39, 0.29) is 5.75 Å². The van der Waals surface area contributed by atoms with Crippen LogP contribution in [0.15, 0.2) is 54.6 Å². The third kappa shape index (κ3) is 7.33. The van der Waals surface area contributed by atoms with Crippen molar-refractivity contribution in [2.75, 3.05) is 7.11 Å². The Labute approximate surface area is 171 Å². The molecule has 0 spiro atoms. The van der Waals surface area contributed by atoms with Crippen molar-refractivity contribution in [3.8, 4) is 11.5 Å². The molecule has 0 aromatic heterocycles. The highest BCUT2D eigenvalue weighted by Gasteiger charge is 2.26. The first kappa shape index (κ1) is 22.0. The van der Waals surface area contributed by atoms with Gasteiger partial charge in [0.15, 0.2) is 11.5 Å². The molecule has 2 N–H and O–H groups in total. The van der Waals surface area contributed by atoms with Crippen LogP contribution in [0.1, 0.15) is 31.9 Å². The molecule has 29 heavy (non-hydrogen) atoms. The lowest BCUT2D eigenvalue weighted by molar-refractivity contribution is -0.158. The van der Waals surface area contributed by atoms with Crippen LogP contribution in [-0.4, -0.2) is 35.7 Å². The van der Waals surface area contributed by atoms with Crippen molar-refractivity contribution >= 4 is 18.0 Å². The van der Waals surface area contributed by atoms with Gasteiger partial charge in [0.25, 0.3) is 0 Å². The van der Waals surface area contributed by atoms with Gasteiger partial charge in [0.05, 0.1) is 7.11 Å². The van der Waals surface area contributed by atoms with Gasteiger partial charge in [-0.25, -0.2) is 4.79 Å². The van der Waals surface area contributed by atoms with Crippen LogP contribution in [0.4, 0.5) is 0 Å². The van der Waals surface area contributed by atoms with E-state index in [1.54, 1.807) is 39.0 Å². The zero-order valence-electron chi connectivity index (χ0n) is 17.1. The van der Waals surface area contributed by atoms with E-state index in [9.17, 15) is 14.7 Å². The second-order valence-corrected chi connectivity index (χ2v) is 7.55. The first-order chi connectivity index (χ1) is 13.7. The summed E-state index contributed by atoms with van der Waals surface area (Å²) in [7, 11) is 1.45. The molecule has 6 nitrogen and oxygen atoms in total. The van der Waals surface area contributed by atoms with Gasteiger partial charge in [0, 0.05) is 12.5 Å². The minimum absolute atomic E-state index is 0.0157. The maximum atomic E-state index is 12.6. The molecule has 0 radical (unpaired) electrons. The molecule has 0 bridgehead atoms. The number of hydrogen-bond donors (Lipinski definition) is 2. The van der Waals surface area contributed by atoms with Gasteiger partial charge in [0.2, 0.25) is 5.91 Å². The molecule has 2 rings (SSSR count). The van der Waals surface area contributed by atoms with Crippen molar-refractivity contribution in [1.82, 2.24) is 5.32 Å². The summed E-state index contributed by atoms with van der Waals surface area (Å²) in [5, 5.41) is 12.4. The average Bonchev–Trinajstić information content (AvgIpc) is 2.66. The average molecular weight is 397 g/mol. The number of esters is 1. The molecule has 1 amide bonds. The zero-order chi connectivity index (χ0) is 21.4. The lowest BCUT2D eigenvalue weighted by Gasteiger charge is -2.24. The number of phenolic OH excluding ortho intramolecular Hbond substituents is 1. The van der Waals surface area contributed by atoms with E-state index in [0.29, 0.717) is 17.7 Å². The van der Waals surface area contributed by atoms with Gasteiger partial charge in [-0.05, 0) is 50.1 Å². The van der Waals surface area contributed by atoms with Crippen molar-refractivity contribution in [3.05, 3.63) is 65.7 Å². The third-order valence-corrected chi connectivity index (χ3v) is 3.92. The van der Waals surface area contributed by atoms with Crippen molar-refractivity contribution < 1.29 is 24.2 Å². The van der Waals surface area contributed by atoms with E-state index in [1.165, 1.54) is 19.3 Å².